The predicted octanol–water partition coefficient (Wildman–Crippen LogP) is 3.01. The number of ether oxygens (including phenoxy) is 1. The summed E-state index contributed by atoms with van der Waals surface area (Å²) in [5.41, 5.74) is 2.98. The molecule has 1 N–H and O–H groups in total. The largest absolute Gasteiger partial charge is 0.378 e. The molecule has 4 rings (SSSR count). The molecule has 2 aliphatic rings. The maximum absolute atomic E-state index is 12.7. The maximum atomic E-state index is 12.7. The van der Waals surface area contributed by atoms with Crippen LogP contribution in [-0.4, -0.2) is 61.0 Å². The third-order valence-electron chi connectivity index (χ3n) is 5.46. The predicted molar refractivity (Wildman–Crippen MR) is 112 cm³/mol. The first-order valence-corrected chi connectivity index (χ1v) is 10.3. The number of rotatable bonds is 5. The van der Waals surface area contributed by atoms with Gasteiger partial charge in [0.15, 0.2) is 0 Å². The van der Waals surface area contributed by atoms with Crippen LogP contribution >= 0.6 is 0 Å². The number of nitrogens with one attached hydrogen (secondary N) is 1. The van der Waals surface area contributed by atoms with Gasteiger partial charge in [-0.25, -0.2) is 0 Å². The molecule has 2 aromatic carbocycles. The van der Waals surface area contributed by atoms with Gasteiger partial charge in [0, 0.05) is 36.4 Å². The number of morpholine rings is 1. The molecule has 0 saturated carbocycles. The van der Waals surface area contributed by atoms with Crippen LogP contribution < -0.4 is 5.32 Å². The van der Waals surface area contributed by atoms with Gasteiger partial charge < -0.3 is 15.0 Å². The Bertz CT molecular complexity index is 871. The highest BCUT2D eigenvalue weighted by atomic mass is 16.5. The van der Waals surface area contributed by atoms with Gasteiger partial charge in [0.25, 0.3) is 11.8 Å². The highest BCUT2D eigenvalue weighted by Crippen LogP contribution is 2.17. The number of nitrogens with zero attached hydrogens (tertiary/aromatic N) is 2. The Kier molecular flexibility index (Phi) is 6.22. The van der Waals surface area contributed by atoms with Crippen LogP contribution in [0.2, 0.25) is 0 Å². The Morgan fingerprint density at radius 1 is 0.897 bits per heavy atom. The number of carbonyl (C=O) groups is 2. The van der Waals surface area contributed by atoms with Crippen LogP contribution in [0.1, 0.15) is 39.1 Å². The minimum Gasteiger partial charge on any atom is -0.378 e. The number of anilines is 1. The average Bonchev–Trinajstić information content (AvgIpc) is 3.27. The van der Waals surface area contributed by atoms with Crippen molar-refractivity contribution >= 4 is 17.5 Å². The van der Waals surface area contributed by atoms with E-state index in [0.29, 0.717) is 43.1 Å². The molecule has 0 bridgehead atoms. The van der Waals surface area contributed by atoms with Gasteiger partial charge in [0.2, 0.25) is 0 Å². The lowest BCUT2D eigenvalue weighted by molar-refractivity contribution is 0.0303. The zero-order chi connectivity index (χ0) is 20.1. The molecule has 29 heavy (non-hydrogen) atoms. The van der Waals surface area contributed by atoms with Crippen LogP contribution in [0.5, 0.6) is 0 Å². The van der Waals surface area contributed by atoms with Crippen LogP contribution in [0, 0.1) is 0 Å². The van der Waals surface area contributed by atoms with E-state index in [0.717, 1.165) is 25.2 Å². The summed E-state index contributed by atoms with van der Waals surface area (Å²) in [7, 11) is 0. The highest BCUT2D eigenvalue weighted by molar-refractivity contribution is 6.05. The molecule has 0 atom stereocenters. The van der Waals surface area contributed by atoms with Gasteiger partial charge in [-0.2, -0.15) is 0 Å². The molecule has 0 aliphatic carbocycles. The van der Waals surface area contributed by atoms with Crippen molar-refractivity contribution in [1.82, 2.24) is 9.80 Å². The minimum absolute atomic E-state index is 0.0305. The van der Waals surface area contributed by atoms with E-state index in [2.05, 4.69) is 16.3 Å². The molecular formula is C23H27N3O3. The second-order valence-electron chi connectivity index (χ2n) is 7.62. The summed E-state index contributed by atoms with van der Waals surface area (Å²) in [5, 5.41) is 2.93. The summed E-state index contributed by atoms with van der Waals surface area (Å²) < 4.78 is 5.31. The molecule has 6 heteroatoms. The van der Waals surface area contributed by atoms with Crippen molar-refractivity contribution in [3.63, 3.8) is 0 Å². The van der Waals surface area contributed by atoms with Gasteiger partial charge >= 0.3 is 0 Å². The van der Waals surface area contributed by atoms with Crippen LogP contribution in [-0.2, 0) is 11.3 Å². The van der Waals surface area contributed by atoms with E-state index in [-0.39, 0.29) is 11.8 Å². The number of likely N-dealkylation sites (tertiary alicyclic amines) is 1. The molecule has 2 aromatic rings. The Balaban J connectivity index is 1.42. The number of benzene rings is 2. The van der Waals surface area contributed by atoms with Crippen molar-refractivity contribution in [1.29, 1.82) is 0 Å². The molecule has 2 saturated heterocycles. The van der Waals surface area contributed by atoms with Crippen LogP contribution in [0.3, 0.4) is 0 Å². The zero-order valence-electron chi connectivity index (χ0n) is 16.6. The normalized spacial score (nSPS) is 17.3. The van der Waals surface area contributed by atoms with Crippen molar-refractivity contribution in [3.8, 4) is 0 Å². The van der Waals surface area contributed by atoms with E-state index in [1.165, 1.54) is 12.8 Å². The maximum Gasteiger partial charge on any atom is 0.255 e. The van der Waals surface area contributed by atoms with Crippen molar-refractivity contribution in [2.24, 2.45) is 0 Å². The van der Waals surface area contributed by atoms with E-state index in [1.54, 1.807) is 23.1 Å². The summed E-state index contributed by atoms with van der Waals surface area (Å²) in [4.78, 5) is 29.6. The van der Waals surface area contributed by atoms with E-state index in [9.17, 15) is 9.59 Å². The molecule has 2 amide bonds. The first kappa shape index (κ1) is 19.6. The topological polar surface area (TPSA) is 61.9 Å². The SMILES string of the molecule is O=C(Nc1cccc(C(=O)N2CCOCC2)c1)c1cccc(CN2CCCC2)c1. The lowest BCUT2D eigenvalue weighted by atomic mass is 10.1. The van der Waals surface area contributed by atoms with Gasteiger partial charge in [-0.15, -0.1) is 0 Å². The standard InChI is InChI=1S/C23H27N3O3/c27-22(19-6-3-5-18(15-19)17-25-9-1-2-10-25)24-21-8-4-7-20(16-21)23(28)26-11-13-29-14-12-26/h3-8,15-16H,1-2,9-14,17H2,(H,24,27). The third-order valence-corrected chi connectivity index (χ3v) is 5.46. The van der Waals surface area contributed by atoms with Crippen molar-refractivity contribution in [2.75, 3.05) is 44.7 Å². The first-order chi connectivity index (χ1) is 14.2. The second-order valence-corrected chi connectivity index (χ2v) is 7.62. The quantitative estimate of drug-likeness (QED) is 0.848. The molecule has 0 spiro atoms. The zero-order valence-corrected chi connectivity index (χ0v) is 16.6. The van der Waals surface area contributed by atoms with E-state index < -0.39 is 0 Å². The van der Waals surface area contributed by atoms with E-state index in [1.807, 2.05) is 24.3 Å². The van der Waals surface area contributed by atoms with Gasteiger partial charge in [0.1, 0.15) is 0 Å². The van der Waals surface area contributed by atoms with Crippen molar-refractivity contribution in [3.05, 3.63) is 65.2 Å². The second kappa shape index (κ2) is 9.20. The molecule has 6 nitrogen and oxygen atoms in total. The van der Waals surface area contributed by atoms with E-state index in [4.69, 9.17) is 4.74 Å². The molecule has 2 aliphatic heterocycles. The molecule has 152 valence electrons. The van der Waals surface area contributed by atoms with Crippen molar-refractivity contribution < 1.29 is 14.3 Å². The summed E-state index contributed by atoms with van der Waals surface area (Å²) in [6.45, 7) is 5.45. The van der Waals surface area contributed by atoms with Crippen LogP contribution in [0.25, 0.3) is 0 Å². The fourth-order valence-corrected chi connectivity index (χ4v) is 3.89. The molecule has 2 fully saturated rings. The number of hydrogen-bond acceptors (Lipinski definition) is 4. The van der Waals surface area contributed by atoms with Crippen LogP contribution in [0.4, 0.5) is 5.69 Å². The van der Waals surface area contributed by atoms with Gasteiger partial charge in [0.05, 0.1) is 13.2 Å². The van der Waals surface area contributed by atoms with Crippen molar-refractivity contribution in [2.45, 2.75) is 19.4 Å². The Hall–Kier alpha value is -2.70. The molecule has 0 radical (unpaired) electrons. The molecule has 0 unspecified atom stereocenters. The summed E-state index contributed by atoms with van der Waals surface area (Å²) >= 11 is 0. The lowest BCUT2D eigenvalue weighted by Crippen LogP contribution is -2.40. The smallest absolute Gasteiger partial charge is 0.255 e. The summed E-state index contributed by atoms with van der Waals surface area (Å²) in [6, 6.07) is 14.9. The monoisotopic (exact) mass is 393 g/mol. The Morgan fingerprint density at radius 2 is 1.62 bits per heavy atom. The third kappa shape index (κ3) is 5.02. The fraction of sp³-hybridized carbons (Fsp3) is 0.391. The molecule has 0 aromatic heterocycles. The van der Waals surface area contributed by atoms with Gasteiger partial charge in [-0.3, -0.25) is 14.5 Å². The first-order valence-electron chi connectivity index (χ1n) is 10.3. The Labute approximate surface area is 171 Å². The Morgan fingerprint density at radius 3 is 2.41 bits per heavy atom. The van der Waals surface area contributed by atoms with E-state index >= 15 is 0 Å². The number of carbonyl (C=O) groups excluding carboxylic acids is 2. The molecule has 2 heterocycles. The van der Waals surface area contributed by atoms with Gasteiger partial charge in [-0.1, -0.05) is 18.2 Å². The molecular weight excluding hydrogens is 366 g/mol. The summed E-state index contributed by atoms with van der Waals surface area (Å²) in [6.07, 6.45) is 2.50. The van der Waals surface area contributed by atoms with Gasteiger partial charge in [-0.05, 0) is 61.8 Å². The lowest BCUT2D eigenvalue weighted by Gasteiger charge is -2.27. The average molecular weight is 393 g/mol. The number of amides is 2. The fourth-order valence-electron chi connectivity index (χ4n) is 3.89. The highest BCUT2D eigenvalue weighted by Gasteiger charge is 2.19. The number of hydrogen-bond donors (Lipinski definition) is 1. The van der Waals surface area contributed by atoms with Crippen LogP contribution in [0.15, 0.2) is 48.5 Å². The minimum atomic E-state index is -0.163. The summed E-state index contributed by atoms with van der Waals surface area (Å²) in [5.74, 6) is -0.193.